The number of hydrogen-bond donors (Lipinski definition) is 2. The molecule has 0 unspecified atom stereocenters. The summed E-state index contributed by atoms with van der Waals surface area (Å²) in [5.74, 6) is -0.228. The number of nitrogens with zero attached hydrogens (tertiary/aromatic N) is 2. The van der Waals surface area contributed by atoms with Gasteiger partial charge in [0.2, 0.25) is 5.91 Å². The number of piperidine rings is 1. The molecule has 3 amide bonds. The highest BCUT2D eigenvalue weighted by Gasteiger charge is 2.29. The van der Waals surface area contributed by atoms with Crippen LogP contribution >= 0.6 is 0 Å². The van der Waals surface area contributed by atoms with Crippen molar-refractivity contribution in [3.8, 4) is 5.75 Å². The number of ether oxygens (including phenoxy) is 2. The second kappa shape index (κ2) is 8.70. The molecule has 0 aliphatic carbocycles. The third-order valence-electron chi connectivity index (χ3n) is 3.90. The van der Waals surface area contributed by atoms with Crippen LogP contribution in [-0.4, -0.2) is 46.7 Å². The summed E-state index contributed by atoms with van der Waals surface area (Å²) < 4.78 is 10.3. The van der Waals surface area contributed by atoms with Crippen molar-refractivity contribution in [2.45, 2.75) is 46.1 Å². The quantitative estimate of drug-likeness (QED) is 0.763. The zero-order valence-electron chi connectivity index (χ0n) is 16.1. The van der Waals surface area contributed by atoms with Gasteiger partial charge in [0.15, 0.2) is 5.75 Å². The van der Waals surface area contributed by atoms with Gasteiger partial charge < -0.3 is 14.4 Å². The summed E-state index contributed by atoms with van der Waals surface area (Å²) in [7, 11) is 0. The molecule has 2 rings (SSSR count). The van der Waals surface area contributed by atoms with Gasteiger partial charge in [0.1, 0.15) is 5.60 Å². The van der Waals surface area contributed by atoms with Crippen LogP contribution in [0.4, 0.5) is 9.59 Å². The Balaban J connectivity index is 1.74. The predicted octanol–water partition coefficient (Wildman–Crippen LogP) is 2.16. The Kier molecular flexibility index (Phi) is 6.59. The normalized spacial score (nSPS) is 15.0. The molecule has 9 nitrogen and oxygen atoms in total. The first-order chi connectivity index (χ1) is 12.6. The molecule has 9 heteroatoms. The van der Waals surface area contributed by atoms with Crippen LogP contribution in [0, 0.1) is 12.8 Å². The maximum Gasteiger partial charge on any atom is 0.426 e. The van der Waals surface area contributed by atoms with E-state index in [1.165, 1.54) is 6.20 Å². The van der Waals surface area contributed by atoms with Gasteiger partial charge in [-0.3, -0.25) is 15.2 Å². The molecule has 0 spiro atoms. The molecule has 0 bridgehead atoms. The molecule has 2 N–H and O–H groups in total. The molecule has 1 aromatic heterocycles. The van der Waals surface area contributed by atoms with Crippen LogP contribution in [-0.2, 0) is 9.53 Å². The summed E-state index contributed by atoms with van der Waals surface area (Å²) in [6.07, 6.45) is 1.26. The van der Waals surface area contributed by atoms with E-state index in [1.807, 2.05) is 6.92 Å². The molecule has 148 valence electrons. The molecule has 2 heterocycles. The highest BCUT2D eigenvalue weighted by Crippen LogP contribution is 2.19. The summed E-state index contributed by atoms with van der Waals surface area (Å²) in [5, 5.41) is 0. The molecular formula is C18H26N4O5. The summed E-state index contributed by atoms with van der Waals surface area (Å²) in [4.78, 5) is 41.5. The number of amides is 3. The number of aryl methyl sites for hydroxylation is 1. The average molecular weight is 378 g/mol. The minimum atomic E-state index is -0.719. The van der Waals surface area contributed by atoms with Gasteiger partial charge in [-0.05, 0) is 52.7 Å². The second-order valence-corrected chi connectivity index (χ2v) is 7.38. The maximum absolute atomic E-state index is 12.2. The number of nitrogens with one attached hydrogen (secondary N) is 2. The number of carbonyl (C=O) groups is 3. The van der Waals surface area contributed by atoms with Crippen molar-refractivity contribution in [2.75, 3.05) is 13.1 Å². The van der Waals surface area contributed by atoms with E-state index in [0.717, 1.165) is 5.69 Å². The Morgan fingerprint density at radius 3 is 2.37 bits per heavy atom. The topological polar surface area (TPSA) is 110 Å². The molecule has 0 radical (unpaired) electrons. The number of hydrogen-bond acceptors (Lipinski definition) is 6. The van der Waals surface area contributed by atoms with E-state index in [2.05, 4.69) is 15.8 Å². The van der Waals surface area contributed by atoms with E-state index in [9.17, 15) is 14.4 Å². The van der Waals surface area contributed by atoms with E-state index in [1.54, 1.807) is 37.8 Å². The minimum absolute atomic E-state index is 0.301. The monoisotopic (exact) mass is 378 g/mol. The SMILES string of the molecule is Cc1ccc(OC(=O)N2CCC(C(=O)NNC(=O)OC(C)(C)C)CC2)cn1. The molecule has 1 fully saturated rings. The van der Waals surface area contributed by atoms with Crippen molar-refractivity contribution in [3.05, 3.63) is 24.0 Å². The van der Waals surface area contributed by atoms with Crippen molar-refractivity contribution in [1.82, 2.24) is 20.7 Å². The Hall–Kier alpha value is -2.84. The van der Waals surface area contributed by atoms with Gasteiger partial charge in [0.05, 0.1) is 6.20 Å². The third kappa shape index (κ3) is 6.76. The lowest BCUT2D eigenvalue weighted by atomic mass is 9.96. The fourth-order valence-corrected chi connectivity index (χ4v) is 2.52. The molecule has 1 aliphatic rings. The molecule has 1 aromatic rings. The minimum Gasteiger partial charge on any atom is -0.443 e. The van der Waals surface area contributed by atoms with E-state index in [0.29, 0.717) is 31.7 Å². The third-order valence-corrected chi connectivity index (χ3v) is 3.90. The molecule has 27 heavy (non-hydrogen) atoms. The number of aromatic nitrogens is 1. The van der Waals surface area contributed by atoms with Crippen LogP contribution in [0.1, 0.15) is 39.3 Å². The van der Waals surface area contributed by atoms with Crippen LogP contribution in [0.25, 0.3) is 0 Å². The van der Waals surface area contributed by atoms with Gasteiger partial charge in [0.25, 0.3) is 0 Å². The van der Waals surface area contributed by atoms with E-state index >= 15 is 0 Å². The first-order valence-electron chi connectivity index (χ1n) is 8.82. The van der Waals surface area contributed by atoms with Gasteiger partial charge in [-0.2, -0.15) is 0 Å². The number of carbonyl (C=O) groups excluding carboxylic acids is 3. The number of pyridine rings is 1. The Morgan fingerprint density at radius 1 is 1.15 bits per heavy atom. The molecule has 0 atom stereocenters. The van der Waals surface area contributed by atoms with E-state index in [-0.39, 0.29) is 11.8 Å². The molecular weight excluding hydrogens is 352 g/mol. The van der Waals surface area contributed by atoms with Crippen molar-refractivity contribution >= 4 is 18.1 Å². The first kappa shape index (κ1) is 20.5. The van der Waals surface area contributed by atoms with Crippen molar-refractivity contribution < 1.29 is 23.9 Å². The van der Waals surface area contributed by atoms with Gasteiger partial charge in [-0.25, -0.2) is 15.0 Å². The van der Waals surface area contributed by atoms with Crippen LogP contribution in [0.5, 0.6) is 5.75 Å². The van der Waals surface area contributed by atoms with Crippen LogP contribution in [0.3, 0.4) is 0 Å². The number of rotatable bonds is 2. The number of hydrazine groups is 1. The second-order valence-electron chi connectivity index (χ2n) is 7.38. The summed E-state index contributed by atoms with van der Waals surface area (Å²) in [5.41, 5.74) is 4.78. The van der Waals surface area contributed by atoms with Crippen molar-refractivity contribution in [1.29, 1.82) is 0 Å². The Morgan fingerprint density at radius 2 is 1.81 bits per heavy atom. The highest BCUT2D eigenvalue weighted by atomic mass is 16.6. The van der Waals surface area contributed by atoms with Crippen LogP contribution < -0.4 is 15.6 Å². The predicted molar refractivity (Wildman–Crippen MR) is 96.8 cm³/mol. The summed E-state index contributed by atoms with van der Waals surface area (Å²) >= 11 is 0. The lowest BCUT2D eigenvalue weighted by Crippen LogP contribution is -2.49. The molecule has 1 aliphatic heterocycles. The van der Waals surface area contributed by atoms with Crippen LogP contribution in [0.15, 0.2) is 18.3 Å². The lowest BCUT2D eigenvalue weighted by Gasteiger charge is -2.30. The van der Waals surface area contributed by atoms with Crippen LogP contribution in [0.2, 0.25) is 0 Å². The number of likely N-dealkylation sites (tertiary alicyclic amines) is 1. The van der Waals surface area contributed by atoms with Gasteiger partial charge >= 0.3 is 12.2 Å². The van der Waals surface area contributed by atoms with E-state index < -0.39 is 17.8 Å². The Labute approximate surface area is 158 Å². The lowest BCUT2D eigenvalue weighted by molar-refractivity contribution is -0.127. The summed E-state index contributed by atoms with van der Waals surface area (Å²) in [6, 6.07) is 3.44. The van der Waals surface area contributed by atoms with Crippen molar-refractivity contribution in [3.63, 3.8) is 0 Å². The fourth-order valence-electron chi connectivity index (χ4n) is 2.52. The molecule has 0 aromatic carbocycles. The Bertz CT molecular complexity index is 676. The summed E-state index contributed by atoms with van der Waals surface area (Å²) in [6.45, 7) is 7.83. The fraction of sp³-hybridized carbons (Fsp3) is 0.556. The van der Waals surface area contributed by atoms with Crippen molar-refractivity contribution in [2.24, 2.45) is 5.92 Å². The zero-order valence-corrected chi connectivity index (χ0v) is 16.1. The smallest absolute Gasteiger partial charge is 0.426 e. The van der Waals surface area contributed by atoms with E-state index in [4.69, 9.17) is 9.47 Å². The highest BCUT2D eigenvalue weighted by molar-refractivity contribution is 5.81. The molecule has 1 saturated heterocycles. The largest absolute Gasteiger partial charge is 0.443 e. The standard InChI is InChI=1S/C18H26N4O5/c1-12-5-6-14(11-19-12)26-17(25)22-9-7-13(8-10-22)15(23)20-21-16(24)27-18(2,3)4/h5-6,11,13H,7-10H2,1-4H3,(H,20,23)(H,21,24). The van der Waals surface area contributed by atoms with Gasteiger partial charge in [-0.1, -0.05) is 0 Å². The van der Waals surface area contributed by atoms with Gasteiger partial charge in [-0.15, -0.1) is 0 Å². The average Bonchev–Trinajstić information content (AvgIpc) is 2.60. The zero-order chi connectivity index (χ0) is 20.0. The molecule has 0 saturated carbocycles. The maximum atomic E-state index is 12.2. The first-order valence-corrected chi connectivity index (χ1v) is 8.82. The van der Waals surface area contributed by atoms with Gasteiger partial charge in [0, 0.05) is 24.7 Å².